The van der Waals surface area contributed by atoms with Crippen molar-refractivity contribution in [2.75, 3.05) is 7.05 Å². The number of hydrogen-bond acceptors (Lipinski definition) is 1. The standard InChI is InChI=1S/C16H14ClNO/c1-18-15(19)10-12-9-13(17)7-8-14(12)16(18)11-5-3-2-4-6-11/h2-9,16H,10H2,1H3. The van der Waals surface area contributed by atoms with E-state index < -0.39 is 0 Å². The predicted octanol–water partition coefficient (Wildman–Crippen LogP) is 3.44. The molecule has 2 aromatic rings. The fourth-order valence-electron chi connectivity index (χ4n) is 2.67. The van der Waals surface area contributed by atoms with Crippen molar-refractivity contribution in [1.82, 2.24) is 4.90 Å². The van der Waals surface area contributed by atoms with Crippen LogP contribution in [0.1, 0.15) is 22.7 Å². The van der Waals surface area contributed by atoms with Gasteiger partial charge in [0.15, 0.2) is 0 Å². The maximum atomic E-state index is 12.1. The van der Waals surface area contributed by atoms with Gasteiger partial charge in [0.25, 0.3) is 0 Å². The van der Waals surface area contributed by atoms with Gasteiger partial charge in [-0.05, 0) is 28.8 Å². The summed E-state index contributed by atoms with van der Waals surface area (Å²) in [6, 6.07) is 15.9. The van der Waals surface area contributed by atoms with Gasteiger partial charge in [-0.1, -0.05) is 48.0 Å². The minimum Gasteiger partial charge on any atom is -0.334 e. The summed E-state index contributed by atoms with van der Waals surface area (Å²) in [6.45, 7) is 0. The zero-order chi connectivity index (χ0) is 13.4. The highest BCUT2D eigenvalue weighted by Crippen LogP contribution is 2.35. The van der Waals surface area contributed by atoms with Crippen LogP contribution >= 0.6 is 11.6 Å². The van der Waals surface area contributed by atoms with Crippen molar-refractivity contribution in [3.63, 3.8) is 0 Å². The Bertz CT molecular complexity index is 624. The number of amides is 1. The molecule has 0 spiro atoms. The number of benzene rings is 2. The molecule has 1 aliphatic rings. The van der Waals surface area contributed by atoms with Crippen LogP contribution in [-0.4, -0.2) is 17.9 Å². The highest BCUT2D eigenvalue weighted by molar-refractivity contribution is 6.30. The molecule has 3 rings (SSSR count). The molecule has 1 amide bonds. The average Bonchev–Trinajstić information content (AvgIpc) is 2.41. The second-order valence-corrected chi connectivity index (χ2v) is 5.27. The van der Waals surface area contributed by atoms with Crippen LogP contribution in [0.25, 0.3) is 0 Å². The maximum absolute atomic E-state index is 12.1. The van der Waals surface area contributed by atoms with E-state index in [1.807, 2.05) is 48.3 Å². The minimum absolute atomic E-state index is 0.0188. The molecule has 0 saturated carbocycles. The quantitative estimate of drug-likeness (QED) is 0.778. The van der Waals surface area contributed by atoms with Gasteiger partial charge in [0, 0.05) is 12.1 Å². The van der Waals surface area contributed by atoms with E-state index in [0.717, 1.165) is 16.7 Å². The molecule has 1 unspecified atom stereocenters. The lowest BCUT2D eigenvalue weighted by molar-refractivity contribution is -0.131. The Labute approximate surface area is 117 Å². The molecule has 0 bridgehead atoms. The number of halogens is 1. The van der Waals surface area contributed by atoms with E-state index >= 15 is 0 Å². The second kappa shape index (κ2) is 4.71. The number of carbonyl (C=O) groups is 1. The van der Waals surface area contributed by atoms with Crippen LogP contribution < -0.4 is 0 Å². The van der Waals surface area contributed by atoms with Crippen LogP contribution in [0.2, 0.25) is 5.02 Å². The Morgan fingerprint density at radius 3 is 2.63 bits per heavy atom. The molecule has 0 saturated heterocycles. The van der Waals surface area contributed by atoms with E-state index in [0.29, 0.717) is 11.4 Å². The monoisotopic (exact) mass is 271 g/mol. The minimum atomic E-state index is -0.0188. The first-order chi connectivity index (χ1) is 9.16. The van der Waals surface area contributed by atoms with Crippen LogP contribution in [-0.2, 0) is 11.2 Å². The van der Waals surface area contributed by atoms with Gasteiger partial charge < -0.3 is 4.90 Å². The third-order valence-electron chi connectivity index (χ3n) is 3.64. The number of rotatable bonds is 1. The number of carbonyl (C=O) groups excluding carboxylic acids is 1. The predicted molar refractivity (Wildman–Crippen MR) is 76.2 cm³/mol. The number of fused-ring (bicyclic) bond motifs is 1. The summed E-state index contributed by atoms with van der Waals surface area (Å²) >= 11 is 6.03. The van der Waals surface area contributed by atoms with Crippen molar-refractivity contribution in [2.24, 2.45) is 0 Å². The molecule has 2 aromatic carbocycles. The summed E-state index contributed by atoms with van der Waals surface area (Å²) in [5, 5.41) is 0.683. The fourth-order valence-corrected chi connectivity index (χ4v) is 2.87. The van der Waals surface area contributed by atoms with E-state index in [2.05, 4.69) is 12.1 Å². The molecule has 0 N–H and O–H groups in total. The van der Waals surface area contributed by atoms with Gasteiger partial charge in [0.2, 0.25) is 5.91 Å². The molecule has 96 valence electrons. The van der Waals surface area contributed by atoms with Gasteiger partial charge in [0.1, 0.15) is 0 Å². The van der Waals surface area contributed by atoms with Crippen molar-refractivity contribution >= 4 is 17.5 Å². The van der Waals surface area contributed by atoms with Crippen molar-refractivity contribution < 1.29 is 4.79 Å². The zero-order valence-electron chi connectivity index (χ0n) is 10.6. The van der Waals surface area contributed by atoms with Crippen LogP contribution in [0.3, 0.4) is 0 Å². The summed E-state index contributed by atoms with van der Waals surface area (Å²) in [7, 11) is 1.86. The summed E-state index contributed by atoms with van der Waals surface area (Å²) in [5.74, 6) is 0.128. The lowest BCUT2D eigenvalue weighted by Gasteiger charge is -2.35. The first-order valence-corrected chi connectivity index (χ1v) is 6.63. The molecular weight excluding hydrogens is 258 g/mol. The first kappa shape index (κ1) is 12.2. The van der Waals surface area contributed by atoms with Gasteiger partial charge in [0.05, 0.1) is 12.5 Å². The molecule has 0 aliphatic carbocycles. The number of hydrogen-bond donors (Lipinski definition) is 0. The third kappa shape index (κ3) is 2.13. The highest BCUT2D eigenvalue weighted by atomic mass is 35.5. The van der Waals surface area contributed by atoms with Gasteiger partial charge in [-0.15, -0.1) is 0 Å². The molecule has 2 nitrogen and oxygen atoms in total. The topological polar surface area (TPSA) is 20.3 Å². The van der Waals surface area contributed by atoms with E-state index in [4.69, 9.17) is 11.6 Å². The third-order valence-corrected chi connectivity index (χ3v) is 3.87. The molecule has 19 heavy (non-hydrogen) atoms. The lowest BCUT2D eigenvalue weighted by atomic mass is 9.88. The average molecular weight is 272 g/mol. The van der Waals surface area contributed by atoms with Crippen LogP contribution in [0.15, 0.2) is 48.5 Å². The van der Waals surface area contributed by atoms with Crippen molar-refractivity contribution in [3.05, 3.63) is 70.2 Å². The van der Waals surface area contributed by atoms with Gasteiger partial charge in [-0.2, -0.15) is 0 Å². The van der Waals surface area contributed by atoms with Crippen LogP contribution in [0.4, 0.5) is 0 Å². The highest BCUT2D eigenvalue weighted by Gasteiger charge is 2.30. The normalized spacial score (nSPS) is 18.3. The van der Waals surface area contributed by atoms with E-state index in [-0.39, 0.29) is 11.9 Å². The fraction of sp³-hybridized carbons (Fsp3) is 0.188. The number of likely N-dealkylation sites (N-methyl/N-ethyl adjacent to an activating group) is 1. The molecular formula is C16H14ClNO. The van der Waals surface area contributed by atoms with Gasteiger partial charge in [-0.25, -0.2) is 0 Å². The smallest absolute Gasteiger partial charge is 0.227 e. The largest absolute Gasteiger partial charge is 0.334 e. The lowest BCUT2D eigenvalue weighted by Crippen LogP contribution is -2.37. The van der Waals surface area contributed by atoms with Crippen LogP contribution in [0, 0.1) is 0 Å². The van der Waals surface area contributed by atoms with Gasteiger partial charge in [-0.3, -0.25) is 4.79 Å². The Kier molecular flexibility index (Phi) is 3.03. The molecule has 0 fully saturated rings. The Morgan fingerprint density at radius 2 is 1.89 bits per heavy atom. The van der Waals surface area contributed by atoms with E-state index in [9.17, 15) is 4.79 Å². The molecule has 3 heteroatoms. The van der Waals surface area contributed by atoms with Crippen molar-refractivity contribution in [3.8, 4) is 0 Å². The summed E-state index contributed by atoms with van der Waals surface area (Å²) in [4.78, 5) is 13.9. The molecule has 0 aromatic heterocycles. The number of nitrogens with zero attached hydrogens (tertiary/aromatic N) is 1. The van der Waals surface area contributed by atoms with E-state index in [1.165, 1.54) is 0 Å². The Hall–Kier alpha value is -1.80. The zero-order valence-corrected chi connectivity index (χ0v) is 11.4. The Balaban J connectivity index is 2.16. The molecule has 1 aliphatic heterocycles. The molecule has 1 heterocycles. The Morgan fingerprint density at radius 1 is 1.16 bits per heavy atom. The molecule has 0 radical (unpaired) electrons. The second-order valence-electron chi connectivity index (χ2n) is 4.84. The SMILES string of the molecule is CN1C(=O)Cc2cc(Cl)ccc2C1c1ccccc1. The maximum Gasteiger partial charge on any atom is 0.227 e. The summed E-state index contributed by atoms with van der Waals surface area (Å²) in [5.41, 5.74) is 3.32. The summed E-state index contributed by atoms with van der Waals surface area (Å²) in [6.07, 6.45) is 0.426. The van der Waals surface area contributed by atoms with Crippen molar-refractivity contribution in [1.29, 1.82) is 0 Å². The molecule has 1 atom stereocenters. The van der Waals surface area contributed by atoms with Crippen molar-refractivity contribution in [2.45, 2.75) is 12.5 Å². The summed E-state index contributed by atoms with van der Waals surface area (Å²) < 4.78 is 0. The van der Waals surface area contributed by atoms with Crippen LogP contribution in [0.5, 0.6) is 0 Å². The van der Waals surface area contributed by atoms with E-state index in [1.54, 1.807) is 0 Å². The van der Waals surface area contributed by atoms with Gasteiger partial charge >= 0.3 is 0 Å². The first-order valence-electron chi connectivity index (χ1n) is 6.26.